The Morgan fingerprint density at radius 3 is 2.59 bits per heavy atom. The Hall–Kier alpha value is -1.26. The molecule has 0 fully saturated rings. The number of nitrogens with one attached hydrogen (secondary N) is 1. The molecule has 1 heterocycles. The molecule has 0 saturated carbocycles. The van der Waals surface area contributed by atoms with Crippen molar-refractivity contribution in [2.24, 2.45) is 0 Å². The molecule has 0 saturated heterocycles. The van der Waals surface area contributed by atoms with Gasteiger partial charge in [-0.25, -0.2) is 0 Å². The highest BCUT2D eigenvalue weighted by Crippen LogP contribution is 2.30. The molecule has 0 spiro atoms. The van der Waals surface area contributed by atoms with Crippen LogP contribution < -0.4 is 10.3 Å². The summed E-state index contributed by atoms with van der Waals surface area (Å²) in [6.45, 7) is 0. The monoisotopic (exact) mass is 313 g/mol. The molecule has 1 N–H and O–H groups in total. The van der Waals surface area contributed by atoms with E-state index in [2.05, 4.69) is 20.9 Å². The molecule has 0 amide bonds. The minimum Gasteiger partial charge on any atom is -0.496 e. The van der Waals surface area contributed by atoms with Crippen LogP contribution in [0.25, 0.3) is 11.1 Å². The lowest BCUT2D eigenvalue weighted by Crippen LogP contribution is -2.03. The minimum atomic E-state index is -0.223. The van der Waals surface area contributed by atoms with Gasteiger partial charge >= 0.3 is 0 Å². The molecule has 88 valence electrons. The van der Waals surface area contributed by atoms with Gasteiger partial charge in [0.15, 0.2) is 0 Å². The van der Waals surface area contributed by atoms with Crippen molar-refractivity contribution in [1.29, 1.82) is 0 Å². The second kappa shape index (κ2) is 4.94. The van der Waals surface area contributed by atoms with Crippen LogP contribution in [0.15, 0.2) is 39.6 Å². The molecular formula is C12H9BrClNO2. The van der Waals surface area contributed by atoms with E-state index in [0.717, 1.165) is 21.3 Å². The molecule has 3 nitrogen and oxygen atoms in total. The van der Waals surface area contributed by atoms with Gasteiger partial charge in [-0.15, -0.1) is 0 Å². The van der Waals surface area contributed by atoms with Crippen LogP contribution in [0.5, 0.6) is 5.75 Å². The summed E-state index contributed by atoms with van der Waals surface area (Å²) < 4.78 is 5.97. The first-order valence-corrected chi connectivity index (χ1v) is 6.01. The molecule has 2 aromatic rings. The third kappa shape index (κ3) is 2.70. The first-order chi connectivity index (χ1) is 8.10. The molecule has 0 unspecified atom stereocenters. The molecule has 0 aliphatic heterocycles. The number of H-pyrrole nitrogens is 1. The Kier molecular flexibility index (Phi) is 3.54. The molecule has 0 aliphatic carbocycles. The van der Waals surface area contributed by atoms with Crippen molar-refractivity contribution in [3.63, 3.8) is 0 Å². The molecule has 17 heavy (non-hydrogen) atoms. The van der Waals surface area contributed by atoms with Crippen LogP contribution in [-0.4, -0.2) is 12.1 Å². The predicted molar refractivity (Wildman–Crippen MR) is 71.8 cm³/mol. The average molecular weight is 315 g/mol. The summed E-state index contributed by atoms with van der Waals surface area (Å²) in [4.78, 5) is 13.8. The number of ether oxygens (including phenoxy) is 1. The summed E-state index contributed by atoms with van der Waals surface area (Å²) in [6.07, 6.45) is 0. The van der Waals surface area contributed by atoms with Crippen molar-refractivity contribution in [3.05, 3.63) is 50.3 Å². The largest absolute Gasteiger partial charge is 0.496 e. The van der Waals surface area contributed by atoms with E-state index in [1.807, 2.05) is 18.2 Å². The highest BCUT2D eigenvalue weighted by Gasteiger charge is 2.05. The van der Waals surface area contributed by atoms with E-state index in [4.69, 9.17) is 16.3 Å². The summed E-state index contributed by atoms with van der Waals surface area (Å²) >= 11 is 9.20. The third-order valence-corrected chi connectivity index (χ3v) is 3.12. The fourth-order valence-electron chi connectivity index (χ4n) is 1.52. The molecular weight excluding hydrogens is 305 g/mol. The standard InChI is InChI=1S/C12H9BrClNO2/c1-17-10-3-2-7(4-9(10)13)8-5-11(14)15-12(16)6-8/h2-6H,1H3,(H,15,16). The molecule has 1 aromatic carbocycles. The number of hydrogen-bond donors (Lipinski definition) is 1. The quantitative estimate of drug-likeness (QED) is 0.863. The van der Waals surface area contributed by atoms with Crippen LogP contribution in [0, 0.1) is 0 Å². The van der Waals surface area contributed by atoms with Gasteiger partial charge in [-0.05, 0) is 45.3 Å². The van der Waals surface area contributed by atoms with Crippen molar-refractivity contribution in [3.8, 4) is 16.9 Å². The van der Waals surface area contributed by atoms with Gasteiger partial charge in [-0.3, -0.25) is 4.79 Å². The Labute approximate surface area is 112 Å². The highest BCUT2D eigenvalue weighted by atomic mass is 79.9. The van der Waals surface area contributed by atoms with Gasteiger partial charge in [0.1, 0.15) is 10.9 Å². The van der Waals surface area contributed by atoms with E-state index in [0.29, 0.717) is 5.15 Å². The molecule has 0 bridgehead atoms. The smallest absolute Gasteiger partial charge is 0.249 e. The lowest BCUT2D eigenvalue weighted by molar-refractivity contribution is 0.412. The number of aromatic amines is 1. The van der Waals surface area contributed by atoms with Gasteiger partial charge in [0.2, 0.25) is 5.56 Å². The van der Waals surface area contributed by atoms with Crippen LogP contribution >= 0.6 is 27.5 Å². The summed E-state index contributed by atoms with van der Waals surface area (Å²) in [5.74, 6) is 0.740. The SMILES string of the molecule is COc1ccc(-c2cc(Cl)[nH]c(=O)c2)cc1Br. The number of benzene rings is 1. The summed E-state index contributed by atoms with van der Waals surface area (Å²) in [5, 5.41) is 0.319. The first kappa shape index (κ1) is 12.2. The van der Waals surface area contributed by atoms with E-state index in [1.54, 1.807) is 13.2 Å². The third-order valence-electron chi connectivity index (χ3n) is 2.30. The van der Waals surface area contributed by atoms with Crippen molar-refractivity contribution < 1.29 is 4.74 Å². The van der Waals surface area contributed by atoms with E-state index < -0.39 is 0 Å². The van der Waals surface area contributed by atoms with Gasteiger partial charge in [-0.2, -0.15) is 0 Å². The molecule has 0 aliphatic rings. The van der Waals surface area contributed by atoms with Gasteiger partial charge in [0.25, 0.3) is 0 Å². The van der Waals surface area contributed by atoms with E-state index in [9.17, 15) is 4.79 Å². The predicted octanol–water partition coefficient (Wildman–Crippen LogP) is 3.47. The summed E-state index contributed by atoms with van der Waals surface area (Å²) in [6, 6.07) is 8.78. The maximum Gasteiger partial charge on any atom is 0.249 e. The lowest BCUT2D eigenvalue weighted by atomic mass is 10.1. The van der Waals surface area contributed by atoms with Crippen LogP contribution in [0.3, 0.4) is 0 Å². The lowest BCUT2D eigenvalue weighted by Gasteiger charge is -2.06. The topological polar surface area (TPSA) is 42.1 Å². The number of hydrogen-bond acceptors (Lipinski definition) is 2. The second-order valence-corrected chi connectivity index (χ2v) is 4.69. The second-order valence-electron chi connectivity index (χ2n) is 3.43. The van der Waals surface area contributed by atoms with Crippen LogP contribution in [0.4, 0.5) is 0 Å². The first-order valence-electron chi connectivity index (χ1n) is 4.84. The Morgan fingerprint density at radius 2 is 2.00 bits per heavy atom. The Morgan fingerprint density at radius 1 is 1.24 bits per heavy atom. The zero-order chi connectivity index (χ0) is 12.4. The number of halogens is 2. The van der Waals surface area contributed by atoms with Crippen LogP contribution in [-0.2, 0) is 0 Å². The molecule has 2 rings (SSSR count). The Balaban J connectivity index is 2.53. The van der Waals surface area contributed by atoms with Gasteiger partial charge in [-0.1, -0.05) is 17.7 Å². The van der Waals surface area contributed by atoms with Crippen LogP contribution in [0.1, 0.15) is 0 Å². The highest BCUT2D eigenvalue weighted by molar-refractivity contribution is 9.10. The number of methoxy groups -OCH3 is 1. The van der Waals surface area contributed by atoms with Gasteiger partial charge in [0, 0.05) is 6.07 Å². The van der Waals surface area contributed by atoms with Crippen molar-refractivity contribution >= 4 is 27.5 Å². The maximum absolute atomic E-state index is 11.3. The minimum absolute atomic E-state index is 0.223. The van der Waals surface area contributed by atoms with Gasteiger partial charge < -0.3 is 9.72 Å². The number of aromatic nitrogens is 1. The molecule has 0 radical (unpaired) electrons. The van der Waals surface area contributed by atoms with Gasteiger partial charge in [0.05, 0.1) is 11.6 Å². The van der Waals surface area contributed by atoms with E-state index >= 15 is 0 Å². The van der Waals surface area contributed by atoms with Crippen molar-refractivity contribution in [2.45, 2.75) is 0 Å². The molecule has 0 atom stereocenters. The maximum atomic E-state index is 11.3. The normalized spacial score (nSPS) is 10.3. The number of rotatable bonds is 2. The fourth-order valence-corrected chi connectivity index (χ4v) is 2.27. The summed E-state index contributed by atoms with van der Waals surface area (Å²) in [7, 11) is 1.60. The fraction of sp³-hybridized carbons (Fsp3) is 0.0833. The average Bonchev–Trinajstić information content (AvgIpc) is 2.27. The zero-order valence-electron chi connectivity index (χ0n) is 8.96. The molecule has 1 aromatic heterocycles. The Bertz CT molecular complexity index is 610. The van der Waals surface area contributed by atoms with Crippen molar-refractivity contribution in [1.82, 2.24) is 4.98 Å². The number of pyridine rings is 1. The van der Waals surface area contributed by atoms with E-state index in [1.165, 1.54) is 6.07 Å². The zero-order valence-corrected chi connectivity index (χ0v) is 11.3. The van der Waals surface area contributed by atoms with Crippen LogP contribution in [0.2, 0.25) is 5.15 Å². The molecule has 5 heteroatoms. The van der Waals surface area contributed by atoms with Crippen molar-refractivity contribution in [2.75, 3.05) is 7.11 Å². The summed E-state index contributed by atoms with van der Waals surface area (Å²) in [5.41, 5.74) is 1.44. The van der Waals surface area contributed by atoms with E-state index in [-0.39, 0.29) is 5.56 Å².